The third kappa shape index (κ3) is 5.58. The third-order valence-corrected chi connectivity index (χ3v) is 6.50. The number of H-pyrrole nitrogens is 1. The lowest BCUT2D eigenvalue weighted by Crippen LogP contribution is -2.08. The predicted molar refractivity (Wildman–Crippen MR) is 155 cm³/mol. The minimum atomic E-state index is -1.18. The molecule has 0 atom stereocenters. The van der Waals surface area contributed by atoms with Gasteiger partial charge in [0.25, 0.3) is 0 Å². The summed E-state index contributed by atoms with van der Waals surface area (Å²) in [6, 6.07) is 19.8. The molecule has 3 aromatic carbocycles. The lowest BCUT2D eigenvalue weighted by molar-refractivity contribution is -0.111. The average molecular weight is 563 g/mol. The molecule has 0 fully saturated rings. The number of aromatic nitrogens is 2. The number of carboxylic acid groups (broad SMARTS) is 1. The molecule has 0 radical (unpaired) electrons. The molecule has 188 valence electrons. The van der Waals surface area contributed by atoms with E-state index in [4.69, 9.17) is 34.8 Å². The number of nitrogens with one attached hydrogen (secondary N) is 2. The van der Waals surface area contributed by atoms with E-state index in [2.05, 4.69) is 15.3 Å². The van der Waals surface area contributed by atoms with Gasteiger partial charge in [0.1, 0.15) is 5.69 Å². The Kier molecular flexibility index (Phi) is 7.20. The summed E-state index contributed by atoms with van der Waals surface area (Å²) in [6.45, 7) is 0. The standard InChI is InChI=1S/C29H18Cl3N3O3/c30-18-7-5-17-6-9-20(33-24(17)14-18)8-4-16-2-1-3-21(12-16)34-26(36)11-10-22-27-23(32)13-19(31)15-25(27)35-28(22)29(37)38/h1-15,35H,(H,34,36)(H,37,38)/b8-4+,11-10+. The molecule has 2 heterocycles. The van der Waals surface area contributed by atoms with Gasteiger partial charge in [0.05, 0.1) is 16.2 Å². The van der Waals surface area contributed by atoms with E-state index in [-0.39, 0.29) is 16.3 Å². The van der Waals surface area contributed by atoms with Gasteiger partial charge in [-0.05, 0) is 60.2 Å². The van der Waals surface area contributed by atoms with Crippen LogP contribution in [0.5, 0.6) is 0 Å². The summed E-state index contributed by atoms with van der Waals surface area (Å²) in [6.07, 6.45) is 6.44. The van der Waals surface area contributed by atoms with Crippen molar-refractivity contribution in [1.29, 1.82) is 0 Å². The highest BCUT2D eigenvalue weighted by Crippen LogP contribution is 2.33. The number of pyridine rings is 1. The molecule has 5 rings (SSSR count). The zero-order valence-electron chi connectivity index (χ0n) is 19.5. The van der Waals surface area contributed by atoms with Crippen molar-refractivity contribution in [2.75, 3.05) is 5.32 Å². The van der Waals surface area contributed by atoms with E-state index in [1.54, 1.807) is 12.1 Å². The molecule has 0 unspecified atom stereocenters. The van der Waals surface area contributed by atoms with Crippen LogP contribution in [-0.2, 0) is 4.79 Å². The smallest absolute Gasteiger partial charge is 0.352 e. The number of nitrogens with zero attached hydrogens (tertiary/aromatic N) is 1. The number of carbonyl (C=O) groups excluding carboxylic acids is 1. The molecule has 9 heteroatoms. The van der Waals surface area contributed by atoms with Crippen molar-refractivity contribution in [3.63, 3.8) is 0 Å². The van der Waals surface area contributed by atoms with Crippen LogP contribution in [0.1, 0.15) is 27.3 Å². The molecular formula is C29H18Cl3N3O3. The van der Waals surface area contributed by atoms with E-state index >= 15 is 0 Å². The van der Waals surface area contributed by atoms with Gasteiger partial charge in [-0.1, -0.05) is 65.1 Å². The van der Waals surface area contributed by atoms with Gasteiger partial charge in [-0.3, -0.25) is 4.79 Å². The maximum atomic E-state index is 12.7. The minimum absolute atomic E-state index is 0.0927. The first-order chi connectivity index (χ1) is 18.3. The van der Waals surface area contributed by atoms with Crippen molar-refractivity contribution >= 4 is 92.4 Å². The number of fused-ring (bicyclic) bond motifs is 2. The summed E-state index contributed by atoms with van der Waals surface area (Å²) in [5.74, 6) is -1.62. The van der Waals surface area contributed by atoms with Gasteiger partial charge in [0, 0.05) is 43.7 Å². The van der Waals surface area contributed by atoms with Gasteiger partial charge in [0.15, 0.2) is 0 Å². The van der Waals surface area contributed by atoms with Crippen LogP contribution in [-0.4, -0.2) is 27.0 Å². The number of anilines is 1. The molecule has 0 aliphatic rings. The van der Waals surface area contributed by atoms with Crippen LogP contribution in [0, 0.1) is 0 Å². The molecule has 38 heavy (non-hydrogen) atoms. The van der Waals surface area contributed by atoms with E-state index in [1.165, 1.54) is 18.2 Å². The summed E-state index contributed by atoms with van der Waals surface area (Å²) in [5, 5.41) is 15.1. The molecule has 1 amide bonds. The van der Waals surface area contributed by atoms with Crippen LogP contribution in [0.25, 0.3) is 40.0 Å². The summed E-state index contributed by atoms with van der Waals surface area (Å²) >= 11 is 18.4. The summed E-state index contributed by atoms with van der Waals surface area (Å²) in [7, 11) is 0. The summed E-state index contributed by atoms with van der Waals surface area (Å²) < 4.78 is 0. The van der Waals surface area contributed by atoms with Crippen molar-refractivity contribution < 1.29 is 14.7 Å². The van der Waals surface area contributed by atoms with E-state index in [1.807, 2.05) is 60.7 Å². The maximum absolute atomic E-state index is 12.7. The Hall–Kier alpha value is -4.10. The Labute approximate surface area is 232 Å². The second-order valence-corrected chi connectivity index (χ2v) is 9.66. The van der Waals surface area contributed by atoms with E-state index in [0.717, 1.165) is 22.2 Å². The quantitative estimate of drug-likeness (QED) is 0.182. The molecule has 0 saturated carbocycles. The highest BCUT2D eigenvalue weighted by Gasteiger charge is 2.18. The normalized spacial score (nSPS) is 11.7. The molecule has 0 saturated heterocycles. The zero-order valence-corrected chi connectivity index (χ0v) is 21.8. The Morgan fingerprint density at radius 3 is 2.53 bits per heavy atom. The van der Waals surface area contributed by atoms with E-state index in [9.17, 15) is 14.7 Å². The number of amides is 1. The molecule has 2 aromatic heterocycles. The number of halogens is 3. The number of aromatic amines is 1. The van der Waals surface area contributed by atoms with Crippen LogP contribution in [0.4, 0.5) is 5.69 Å². The highest BCUT2D eigenvalue weighted by molar-refractivity contribution is 6.39. The first kappa shape index (κ1) is 25.5. The molecule has 0 aliphatic heterocycles. The fraction of sp³-hybridized carbons (Fsp3) is 0. The fourth-order valence-electron chi connectivity index (χ4n) is 4.05. The largest absolute Gasteiger partial charge is 0.477 e. The van der Waals surface area contributed by atoms with Gasteiger partial charge in [0.2, 0.25) is 5.91 Å². The number of benzene rings is 3. The fourth-order valence-corrected chi connectivity index (χ4v) is 4.81. The third-order valence-electron chi connectivity index (χ3n) is 5.74. The lowest BCUT2D eigenvalue weighted by Gasteiger charge is -2.04. The zero-order chi connectivity index (χ0) is 26.8. The van der Waals surface area contributed by atoms with Gasteiger partial charge >= 0.3 is 5.97 Å². The monoisotopic (exact) mass is 561 g/mol. The van der Waals surface area contributed by atoms with Crippen LogP contribution >= 0.6 is 34.8 Å². The number of hydrogen-bond acceptors (Lipinski definition) is 3. The summed E-state index contributed by atoms with van der Waals surface area (Å²) in [5.41, 5.74) is 3.65. The van der Waals surface area contributed by atoms with Crippen LogP contribution in [0.2, 0.25) is 15.1 Å². The topological polar surface area (TPSA) is 95.1 Å². The molecule has 5 aromatic rings. The second-order valence-electron chi connectivity index (χ2n) is 8.38. The van der Waals surface area contributed by atoms with Crippen LogP contribution in [0.3, 0.4) is 0 Å². The maximum Gasteiger partial charge on any atom is 0.352 e. The van der Waals surface area contributed by atoms with Gasteiger partial charge in [-0.25, -0.2) is 9.78 Å². The SMILES string of the molecule is O=C(/C=C/c1c(C(=O)O)[nH]c2cc(Cl)cc(Cl)c12)Nc1cccc(/C=C/c2ccc3ccc(Cl)cc3n2)c1. The van der Waals surface area contributed by atoms with Crippen LogP contribution in [0.15, 0.2) is 72.8 Å². The minimum Gasteiger partial charge on any atom is -0.477 e. The first-order valence-corrected chi connectivity index (χ1v) is 12.5. The molecular weight excluding hydrogens is 545 g/mol. The predicted octanol–water partition coefficient (Wildman–Crippen LogP) is 8.20. The number of carbonyl (C=O) groups is 2. The van der Waals surface area contributed by atoms with Crippen molar-refractivity contribution in [3.05, 3.63) is 110 Å². The van der Waals surface area contributed by atoms with Gasteiger partial charge in [-0.15, -0.1) is 0 Å². The van der Waals surface area contributed by atoms with Crippen molar-refractivity contribution in [2.24, 2.45) is 0 Å². The molecule has 6 nitrogen and oxygen atoms in total. The molecule has 3 N–H and O–H groups in total. The number of hydrogen-bond donors (Lipinski definition) is 3. The Morgan fingerprint density at radius 1 is 0.895 bits per heavy atom. The number of rotatable bonds is 6. The molecule has 0 aliphatic carbocycles. The number of aromatic carboxylic acids is 1. The summed E-state index contributed by atoms with van der Waals surface area (Å²) in [4.78, 5) is 31.8. The van der Waals surface area contributed by atoms with Crippen LogP contribution < -0.4 is 5.32 Å². The average Bonchev–Trinajstić information content (AvgIpc) is 3.25. The first-order valence-electron chi connectivity index (χ1n) is 11.3. The van der Waals surface area contributed by atoms with Crippen molar-refractivity contribution in [1.82, 2.24) is 9.97 Å². The Bertz CT molecular complexity index is 1790. The van der Waals surface area contributed by atoms with Gasteiger partial charge < -0.3 is 15.4 Å². The molecule has 0 spiro atoms. The van der Waals surface area contributed by atoms with Crippen molar-refractivity contribution in [2.45, 2.75) is 0 Å². The number of carboxylic acids is 1. The second kappa shape index (κ2) is 10.7. The van der Waals surface area contributed by atoms with Crippen molar-refractivity contribution in [3.8, 4) is 0 Å². The lowest BCUT2D eigenvalue weighted by atomic mass is 10.1. The van der Waals surface area contributed by atoms with E-state index < -0.39 is 11.9 Å². The Balaban J connectivity index is 1.34. The van der Waals surface area contributed by atoms with E-state index in [0.29, 0.717) is 26.6 Å². The Morgan fingerprint density at radius 2 is 1.71 bits per heavy atom. The van der Waals surface area contributed by atoms with Gasteiger partial charge in [-0.2, -0.15) is 0 Å². The molecule has 0 bridgehead atoms. The highest BCUT2D eigenvalue weighted by atomic mass is 35.5.